The molecule has 0 atom stereocenters. The summed E-state index contributed by atoms with van der Waals surface area (Å²) in [6.45, 7) is 13.5. The predicted octanol–water partition coefficient (Wildman–Crippen LogP) is 4.67. The number of hydrogen-bond donors (Lipinski definition) is 0. The third kappa shape index (κ3) is 11.0. The minimum atomic E-state index is -4.35. The topological polar surface area (TPSA) is 103 Å². The predicted molar refractivity (Wildman–Crippen MR) is 85.3 cm³/mol. The smallest absolute Gasteiger partial charge is 0 e. The first-order valence-corrected chi connectivity index (χ1v) is 6.57. The Hall–Kier alpha value is -2.88. The summed E-state index contributed by atoms with van der Waals surface area (Å²) in [5, 5.41) is 10.5. The Morgan fingerprint density at radius 1 is 0.786 bits per heavy atom. The van der Waals surface area contributed by atoms with Crippen LogP contribution in [0.3, 0.4) is 0 Å². The number of nitrogens with zero attached hydrogens (tertiary/aromatic N) is 1. The van der Waals surface area contributed by atoms with Crippen LogP contribution >= 0.6 is 0 Å². The molecule has 0 heterocycles. The number of alkyl halides is 3. The maximum Gasteiger partial charge on any atom is 0 e. The van der Waals surface area contributed by atoms with Gasteiger partial charge in [-0.05, 0) is 35.4 Å². The number of benzene rings is 2. The number of non-ortho nitro benzene ring substituents is 1. The van der Waals surface area contributed by atoms with Gasteiger partial charge in [0.25, 0.3) is 5.69 Å². The molecule has 28 heavy (non-hydrogen) atoms. The van der Waals surface area contributed by atoms with E-state index in [-0.39, 0.29) is 23.0 Å². The van der Waals surface area contributed by atoms with Crippen molar-refractivity contribution in [3.63, 3.8) is 0 Å². The van der Waals surface area contributed by atoms with Crippen molar-refractivity contribution in [2.45, 2.75) is 6.18 Å². The molecule has 0 spiro atoms. The Bertz CT molecular complexity index is 781. The monoisotopic (exact) mass is 429 g/mol. The van der Waals surface area contributed by atoms with Gasteiger partial charge in [-0.2, -0.15) is 13.2 Å². The van der Waals surface area contributed by atoms with Crippen molar-refractivity contribution >= 4 is 17.8 Å². The van der Waals surface area contributed by atoms with E-state index in [0.717, 1.165) is 17.7 Å². The second kappa shape index (κ2) is 16.3. The van der Waals surface area contributed by atoms with Crippen molar-refractivity contribution in [2.75, 3.05) is 0 Å². The van der Waals surface area contributed by atoms with E-state index in [9.17, 15) is 23.3 Å². The van der Waals surface area contributed by atoms with Crippen molar-refractivity contribution < 1.29 is 49.4 Å². The normalized spacial score (nSPS) is 9.04. The molecule has 0 N–H and O–H groups in total. The van der Waals surface area contributed by atoms with Crippen molar-refractivity contribution in [1.29, 1.82) is 0 Å². The molecule has 6 nitrogen and oxygen atoms in total. The van der Waals surface area contributed by atoms with Crippen LogP contribution in [-0.2, 0) is 37.5 Å². The van der Waals surface area contributed by atoms with Crippen LogP contribution < -0.4 is 0 Å². The Labute approximate surface area is 169 Å². The fourth-order valence-corrected chi connectivity index (χ4v) is 1.68. The van der Waals surface area contributed by atoms with Crippen LogP contribution in [-0.4, -0.2) is 4.92 Å². The summed E-state index contributed by atoms with van der Waals surface area (Å²) < 4.78 is 59.7. The van der Waals surface area contributed by atoms with Gasteiger partial charge in [0.05, 0.1) is 10.5 Å². The minimum Gasteiger partial charge on any atom is 0 e. The number of nitro benzene ring substituents is 1. The van der Waals surface area contributed by atoms with Gasteiger partial charge in [0, 0.05) is 29.5 Å². The molecule has 0 saturated heterocycles. The molecule has 2 rings (SSSR count). The van der Waals surface area contributed by atoms with Gasteiger partial charge in [0.1, 0.15) is 0 Å². The molecular weight excluding hydrogens is 419 g/mol. The first-order valence-electron chi connectivity index (χ1n) is 6.57. The molecule has 0 radical (unpaired) electrons. The summed E-state index contributed by atoms with van der Waals surface area (Å²) in [7, 11) is 0. The van der Waals surface area contributed by atoms with Crippen LogP contribution in [0.2, 0.25) is 0 Å². The number of hydrogen-bond acceptors (Lipinski definition) is 2. The molecule has 0 amide bonds. The van der Waals surface area contributed by atoms with E-state index in [2.05, 4.69) is 20.0 Å². The molecule has 0 saturated carbocycles. The Balaban J connectivity index is -0.000000815. The maximum absolute atomic E-state index is 12.4. The molecule has 2 aromatic rings. The minimum absolute atomic E-state index is 0. The van der Waals surface area contributed by atoms with Gasteiger partial charge in [-0.1, -0.05) is 24.3 Å². The second-order valence-electron chi connectivity index (χ2n) is 4.30. The van der Waals surface area contributed by atoms with Crippen molar-refractivity contribution in [2.24, 2.45) is 0 Å². The van der Waals surface area contributed by atoms with E-state index >= 15 is 0 Å². The largest absolute Gasteiger partial charge is 0 e. The number of nitro groups is 1. The summed E-state index contributed by atoms with van der Waals surface area (Å²) in [5.74, 6) is 0. The van der Waals surface area contributed by atoms with Gasteiger partial charge >= 0.3 is 40.1 Å². The summed E-state index contributed by atoms with van der Waals surface area (Å²) in [6, 6.07) is 10.6. The van der Waals surface area contributed by atoms with E-state index in [1.807, 2.05) is 0 Å². The van der Waals surface area contributed by atoms with E-state index < -0.39 is 16.7 Å². The zero-order valence-corrected chi connectivity index (χ0v) is 15.1. The summed E-state index contributed by atoms with van der Waals surface area (Å²) in [6.07, 6.45) is -1.03. The summed E-state index contributed by atoms with van der Waals surface area (Å²) >= 11 is 0. The Kier molecular flexibility index (Phi) is 17.4. The van der Waals surface area contributed by atoms with E-state index in [4.69, 9.17) is 14.0 Å². The Morgan fingerprint density at radius 3 is 1.39 bits per heavy atom. The molecule has 10 heteroatoms. The van der Waals surface area contributed by atoms with Crippen LogP contribution in [0.5, 0.6) is 0 Å². The zero-order valence-electron chi connectivity index (χ0n) is 13.8. The molecule has 0 aromatic heterocycles. The van der Waals surface area contributed by atoms with Gasteiger partial charge in [0.15, 0.2) is 0 Å². The molecule has 0 fully saturated rings. The van der Waals surface area contributed by atoms with Gasteiger partial charge < -0.3 is 0 Å². The molecule has 0 bridgehead atoms. The van der Waals surface area contributed by atoms with Crippen molar-refractivity contribution in [3.8, 4) is 0 Å². The van der Waals surface area contributed by atoms with Gasteiger partial charge in [-0.25, -0.2) is 0 Å². The van der Waals surface area contributed by atoms with Crippen LogP contribution in [0, 0.1) is 30.1 Å². The fraction of sp³-hybridized carbons (Fsp3) is 0.0556. The Morgan fingerprint density at radius 2 is 1.11 bits per heavy atom. The third-order valence-corrected chi connectivity index (χ3v) is 2.81. The standard InChI is InChI=1S/C15H10F3NO2.3CO.Cr/c16-15(17,18)13-7-3-11(4-8-13)1-2-12-5-9-14(10-6-12)19(20)21;3*1-2;/h1-10H;;;;. The second-order valence-corrected chi connectivity index (χ2v) is 4.30. The molecular formula is C18H10CrF3NO5. The summed E-state index contributed by atoms with van der Waals surface area (Å²) in [5.41, 5.74) is 0.624. The van der Waals surface area contributed by atoms with Crippen LogP contribution in [0.15, 0.2) is 48.5 Å². The molecule has 0 aliphatic carbocycles. The van der Waals surface area contributed by atoms with E-state index in [1.165, 1.54) is 24.3 Å². The first kappa shape index (κ1) is 29.9. The first-order chi connectivity index (χ1) is 12.9. The van der Waals surface area contributed by atoms with Crippen molar-refractivity contribution in [1.82, 2.24) is 0 Å². The molecule has 2 aromatic carbocycles. The van der Waals surface area contributed by atoms with Gasteiger partial charge in [-0.3, -0.25) is 10.1 Å². The zero-order chi connectivity index (χ0) is 21.5. The molecule has 0 aliphatic rings. The average Bonchev–Trinajstić information content (AvgIpc) is 2.71. The summed E-state index contributed by atoms with van der Waals surface area (Å²) in [4.78, 5) is 10.0. The molecule has 144 valence electrons. The number of halogens is 3. The SMILES string of the molecule is O=[N+]([O-])c1ccc(C=Cc2ccc(C(F)(F)F)cc2)cc1.[C-]#[O+].[C-]#[O+].[C-]#[O+].[Cr]. The van der Waals surface area contributed by atoms with Crippen LogP contribution in [0.25, 0.3) is 12.2 Å². The molecule has 0 unspecified atom stereocenters. The van der Waals surface area contributed by atoms with Gasteiger partial charge in [-0.15, -0.1) is 0 Å². The third-order valence-electron chi connectivity index (χ3n) is 2.81. The van der Waals surface area contributed by atoms with E-state index in [0.29, 0.717) is 5.56 Å². The number of rotatable bonds is 3. The quantitative estimate of drug-likeness (QED) is 0.233. The van der Waals surface area contributed by atoms with Crippen LogP contribution in [0.4, 0.5) is 18.9 Å². The van der Waals surface area contributed by atoms with Gasteiger partial charge in [0.2, 0.25) is 0 Å². The van der Waals surface area contributed by atoms with Crippen molar-refractivity contribution in [3.05, 3.63) is 95.3 Å². The molecule has 0 aliphatic heterocycles. The average molecular weight is 429 g/mol. The maximum atomic E-state index is 12.4. The van der Waals surface area contributed by atoms with E-state index in [1.54, 1.807) is 24.3 Å². The fourth-order valence-electron chi connectivity index (χ4n) is 1.68. The van der Waals surface area contributed by atoms with Crippen LogP contribution in [0.1, 0.15) is 16.7 Å².